The summed E-state index contributed by atoms with van der Waals surface area (Å²) in [4.78, 5) is 39.5. The normalized spacial score (nSPS) is 21.3. The highest BCUT2D eigenvalue weighted by atomic mass is 32.2. The molecule has 7 nitrogen and oxygen atoms in total. The average Bonchev–Trinajstić information content (AvgIpc) is 3.18. The zero-order chi connectivity index (χ0) is 20.3. The first-order valence-electron chi connectivity index (χ1n) is 9.74. The van der Waals surface area contributed by atoms with E-state index in [0.717, 1.165) is 18.4 Å². The van der Waals surface area contributed by atoms with Gasteiger partial charge in [0.1, 0.15) is 0 Å². The maximum Gasteiger partial charge on any atom is 0.254 e. The van der Waals surface area contributed by atoms with Gasteiger partial charge < -0.3 is 4.90 Å². The van der Waals surface area contributed by atoms with Crippen LogP contribution < -0.4 is 0 Å². The molecule has 0 N–H and O–H groups in total. The van der Waals surface area contributed by atoms with Crippen LogP contribution >= 0.6 is 0 Å². The lowest BCUT2D eigenvalue weighted by Crippen LogP contribution is -2.41. The third-order valence-electron chi connectivity index (χ3n) is 5.36. The zero-order valence-corrected chi connectivity index (χ0v) is 16.9. The summed E-state index contributed by atoms with van der Waals surface area (Å²) in [5.74, 6) is -0.350. The third kappa shape index (κ3) is 4.60. The van der Waals surface area contributed by atoms with Crippen molar-refractivity contribution in [3.8, 4) is 0 Å². The minimum absolute atomic E-state index is 0.0275. The van der Waals surface area contributed by atoms with Gasteiger partial charge in [-0.3, -0.25) is 19.3 Å². The first-order valence-corrected chi connectivity index (χ1v) is 11.6. The first kappa shape index (κ1) is 20.5. The molecule has 152 valence electrons. The molecule has 3 rings (SSSR count). The van der Waals surface area contributed by atoms with Crippen LogP contribution in [0.4, 0.5) is 0 Å². The minimum Gasteiger partial charge on any atom is -0.335 e. The smallest absolute Gasteiger partial charge is 0.254 e. The number of carbonyl (C=O) groups is 3. The van der Waals surface area contributed by atoms with Crippen LogP contribution in [0, 0.1) is 0 Å². The number of hydrogen-bond acceptors (Lipinski definition) is 5. The van der Waals surface area contributed by atoms with E-state index in [0.29, 0.717) is 18.5 Å². The molecular weight excluding hydrogens is 380 g/mol. The van der Waals surface area contributed by atoms with E-state index in [2.05, 4.69) is 0 Å². The molecule has 2 aliphatic heterocycles. The number of rotatable bonds is 7. The van der Waals surface area contributed by atoms with Crippen molar-refractivity contribution >= 4 is 27.6 Å². The van der Waals surface area contributed by atoms with E-state index < -0.39 is 9.84 Å². The number of benzene rings is 1. The number of likely N-dealkylation sites (tertiary alicyclic amines) is 1. The van der Waals surface area contributed by atoms with E-state index in [1.165, 1.54) is 4.90 Å². The molecule has 2 heterocycles. The molecule has 1 unspecified atom stereocenters. The van der Waals surface area contributed by atoms with Crippen molar-refractivity contribution in [2.75, 3.05) is 18.1 Å². The largest absolute Gasteiger partial charge is 0.335 e. The molecule has 2 fully saturated rings. The fraction of sp³-hybridized carbons (Fsp3) is 0.550. The van der Waals surface area contributed by atoms with Gasteiger partial charge in [-0.1, -0.05) is 25.5 Å². The second kappa shape index (κ2) is 8.43. The summed E-state index contributed by atoms with van der Waals surface area (Å²) in [7, 11) is -3.08. The van der Waals surface area contributed by atoms with Crippen LogP contribution in [0.5, 0.6) is 0 Å². The van der Waals surface area contributed by atoms with E-state index in [4.69, 9.17) is 0 Å². The molecule has 0 spiro atoms. The third-order valence-corrected chi connectivity index (χ3v) is 7.11. The van der Waals surface area contributed by atoms with Crippen LogP contribution in [0.2, 0.25) is 0 Å². The van der Waals surface area contributed by atoms with Gasteiger partial charge in [0.05, 0.1) is 18.1 Å². The van der Waals surface area contributed by atoms with E-state index in [9.17, 15) is 22.8 Å². The molecule has 3 amide bonds. The lowest BCUT2D eigenvalue weighted by atomic mass is 10.1. The van der Waals surface area contributed by atoms with Gasteiger partial charge in [0.15, 0.2) is 9.84 Å². The molecule has 0 saturated carbocycles. The number of imide groups is 1. The second-order valence-electron chi connectivity index (χ2n) is 7.48. The molecule has 0 aliphatic carbocycles. The Labute approximate surface area is 165 Å². The topological polar surface area (TPSA) is 91.8 Å². The molecule has 2 saturated heterocycles. The fourth-order valence-corrected chi connectivity index (χ4v) is 5.43. The summed E-state index contributed by atoms with van der Waals surface area (Å²) in [6.07, 6.45) is 2.73. The van der Waals surface area contributed by atoms with Gasteiger partial charge in [-0.15, -0.1) is 0 Å². The molecule has 0 radical (unpaired) electrons. The molecular formula is C20H26N2O5S. The molecule has 1 atom stereocenters. The summed E-state index contributed by atoms with van der Waals surface area (Å²) < 4.78 is 23.7. The fourth-order valence-electron chi connectivity index (χ4n) is 3.70. The Morgan fingerprint density at radius 3 is 2.32 bits per heavy atom. The molecule has 1 aromatic rings. The first-order chi connectivity index (χ1) is 13.3. The highest BCUT2D eigenvalue weighted by Crippen LogP contribution is 2.22. The summed E-state index contributed by atoms with van der Waals surface area (Å²) in [5, 5.41) is 0. The van der Waals surface area contributed by atoms with Crippen LogP contribution in [-0.4, -0.2) is 60.0 Å². The molecule has 1 aromatic carbocycles. The van der Waals surface area contributed by atoms with Crippen LogP contribution in [-0.2, 0) is 26.0 Å². The predicted molar refractivity (Wildman–Crippen MR) is 104 cm³/mol. The SMILES string of the molecule is CCCCN(C(=O)c1ccc(CN2C(=O)CCC2=O)cc1)C1CCS(=O)(=O)C1. The van der Waals surface area contributed by atoms with Crippen molar-refractivity contribution in [1.29, 1.82) is 0 Å². The zero-order valence-electron chi connectivity index (χ0n) is 16.1. The standard InChI is InChI=1S/C20H26N2O5S/c1-2-3-11-21(17-10-12-28(26,27)14-17)20(25)16-6-4-15(5-7-16)13-22-18(23)8-9-19(22)24/h4-7,17H,2-3,8-14H2,1H3. The summed E-state index contributed by atoms with van der Waals surface area (Å²) in [5.41, 5.74) is 1.27. The number of sulfone groups is 1. The minimum atomic E-state index is -3.08. The Morgan fingerprint density at radius 2 is 1.79 bits per heavy atom. The van der Waals surface area contributed by atoms with Crippen LogP contribution in [0.25, 0.3) is 0 Å². The Hall–Kier alpha value is -2.22. The molecule has 0 bridgehead atoms. The highest BCUT2D eigenvalue weighted by Gasteiger charge is 2.34. The quantitative estimate of drug-likeness (QED) is 0.644. The predicted octanol–water partition coefficient (Wildman–Crippen LogP) is 1.77. The van der Waals surface area contributed by atoms with Gasteiger partial charge in [0, 0.05) is 31.0 Å². The van der Waals surface area contributed by atoms with Crippen LogP contribution in [0.3, 0.4) is 0 Å². The van der Waals surface area contributed by atoms with Gasteiger partial charge >= 0.3 is 0 Å². The molecule has 0 aromatic heterocycles. The number of hydrogen-bond donors (Lipinski definition) is 0. The highest BCUT2D eigenvalue weighted by molar-refractivity contribution is 7.91. The van der Waals surface area contributed by atoms with E-state index >= 15 is 0 Å². The van der Waals surface area contributed by atoms with Crippen molar-refractivity contribution in [1.82, 2.24) is 9.80 Å². The maximum absolute atomic E-state index is 13.0. The Morgan fingerprint density at radius 1 is 1.14 bits per heavy atom. The van der Waals surface area contributed by atoms with Crippen molar-refractivity contribution in [3.05, 3.63) is 35.4 Å². The Bertz CT molecular complexity index is 847. The second-order valence-corrected chi connectivity index (χ2v) is 9.71. The monoisotopic (exact) mass is 406 g/mol. The van der Waals surface area contributed by atoms with Gasteiger partial charge in [0.2, 0.25) is 11.8 Å². The Balaban J connectivity index is 1.72. The number of carbonyl (C=O) groups excluding carboxylic acids is 3. The number of amides is 3. The van der Waals surface area contributed by atoms with Gasteiger partial charge in [-0.2, -0.15) is 0 Å². The average molecular weight is 407 g/mol. The van der Waals surface area contributed by atoms with E-state index in [1.807, 2.05) is 6.92 Å². The van der Waals surface area contributed by atoms with Crippen molar-refractivity contribution in [3.63, 3.8) is 0 Å². The van der Waals surface area contributed by atoms with Crippen molar-refractivity contribution < 1.29 is 22.8 Å². The van der Waals surface area contributed by atoms with Gasteiger partial charge in [0.25, 0.3) is 5.91 Å². The summed E-state index contributed by atoms with van der Waals surface area (Å²) >= 11 is 0. The lowest BCUT2D eigenvalue weighted by Gasteiger charge is -2.28. The van der Waals surface area contributed by atoms with E-state index in [1.54, 1.807) is 29.2 Å². The van der Waals surface area contributed by atoms with Crippen molar-refractivity contribution in [2.24, 2.45) is 0 Å². The van der Waals surface area contributed by atoms with Gasteiger partial charge in [-0.25, -0.2) is 8.42 Å². The van der Waals surface area contributed by atoms with Crippen LogP contribution in [0.15, 0.2) is 24.3 Å². The van der Waals surface area contributed by atoms with Crippen LogP contribution in [0.1, 0.15) is 54.9 Å². The Kier molecular flexibility index (Phi) is 6.17. The van der Waals surface area contributed by atoms with Crippen molar-refractivity contribution in [2.45, 2.75) is 51.6 Å². The number of unbranched alkanes of at least 4 members (excludes halogenated alkanes) is 1. The summed E-state index contributed by atoms with van der Waals surface area (Å²) in [6, 6.07) is 6.59. The van der Waals surface area contributed by atoms with Gasteiger partial charge in [-0.05, 0) is 30.5 Å². The molecule has 8 heteroatoms. The maximum atomic E-state index is 13.0. The molecule has 2 aliphatic rings. The van der Waals surface area contributed by atoms with E-state index in [-0.39, 0.29) is 54.7 Å². The summed E-state index contributed by atoms with van der Waals surface area (Å²) in [6.45, 7) is 2.78. The molecule has 28 heavy (non-hydrogen) atoms. The lowest BCUT2D eigenvalue weighted by molar-refractivity contribution is -0.139. The number of nitrogens with zero attached hydrogens (tertiary/aromatic N) is 2.